The number of amidine groups is 1. The first-order chi connectivity index (χ1) is 10.0. The van der Waals surface area contributed by atoms with Gasteiger partial charge in [0.05, 0.1) is 12.8 Å². The highest BCUT2D eigenvalue weighted by Gasteiger charge is 2.32. The molecule has 2 rings (SSSR count). The van der Waals surface area contributed by atoms with Gasteiger partial charge in [0.25, 0.3) is 0 Å². The summed E-state index contributed by atoms with van der Waals surface area (Å²) >= 11 is 1.21. The van der Waals surface area contributed by atoms with E-state index in [0.29, 0.717) is 17.5 Å². The van der Waals surface area contributed by atoms with E-state index in [1.807, 2.05) is 13.8 Å². The lowest BCUT2D eigenvalue weighted by Gasteiger charge is -2.05. The van der Waals surface area contributed by atoms with E-state index < -0.39 is 5.25 Å². The predicted octanol–water partition coefficient (Wildman–Crippen LogP) is 1.27. The number of furan rings is 1. The molecule has 0 aliphatic carbocycles. The Morgan fingerprint density at radius 2 is 2.33 bits per heavy atom. The zero-order valence-corrected chi connectivity index (χ0v) is 12.6. The molecule has 8 heteroatoms. The quantitative estimate of drug-likeness (QED) is 0.632. The van der Waals surface area contributed by atoms with Crippen molar-refractivity contribution >= 4 is 34.5 Å². The minimum absolute atomic E-state index is 0.0883. The van der Waals surface area contributed by atoms with Gasteiger partial charge >= 0.3 is 0 Å². The highest BCUT2D eigenvalue weighted by Crippen LogP contribution is 2.22. The van der Waals surface area contributed by atoms with Gasteiger partial charge in [0.15, 0.2) is 5.17 Å². The number of nitrogens with one attached hydrogen (secondary N) is 2. The van der Waals surface area contributed by atoms with Gasteiger partial charge in [-0.25, -0.2) is 0 Å². The normalized spacial score (nSPS) is 19.4. The number of carbonyl (C=O) groups is 2. The average Bonchev–Trinajstić information content (AvgIpc) is 3.05. The van der Waals surface area contributed by atoms with Gasteiger partial charge < -0.3 is 15.1 Å². The van der Waals surface area contributed by atoms with Crippen molar-refractivity contribution in [2.75, 3.05) is 0 Å². The lowest BCUT2D eigenvalue weighted by atomic mass is 10.2. The summed E-state index contributed by atoms with van der Waals surface area (Å²) in [6.07, 6.45) is 1.63. The van der Waals surface area contributed by atoms with E-state index in [1.54, 1.807) is 18.4 Å². The topological polar surface area (TPSA) is 96.1 Å². The molecule has 0 saturated carbocycles. The first kappa shape index (κ1) is 15.3. The van der Waals surface area contributed by atoms with E-state index in [1.165, 1.54) is 11.8 Å². The number of carbonyl (C=O) groups excluding carboxylic acids is 2. The molecule has 1 aromatic heterocycles. The van der Waals surface area contributed by atoms with Crippen molar-refractivity contribution in [3.8, 4) is 0 Å². The molecule has 0 radical (unpaired) electrons. The smallest absolute Gasteiger partial charge is 0.240 e. The van der Waals surface area contributed by atoms with E-state index in [9.17, 15) is 9.59 Å². The summed E-state index contributed by atoms with van der Waals surface area (Å²) < 4.78 is 5.11. The third-order valence-electron chi connectivity index (χ3n) is 2.53. The summed E-state index contributed by atoms with van der Waals surface area (Å²) in [5, 5.41) is 13.0. The number of thioether (sulfide) groups is 1. The van der Waals surface area contributed by atoms with Crippen LogP contribution in [-0.2, 0) is 16.1 Å². The molecule has 2 N–H and O–H groups in total. The van der Waals surface area contributed by atoms with E-state index in [-0.39, 0.29) is 18.2 Å². The third kappa shape index (κ3) is 4.75. The second-order valence-corrected chi connectivity index (χ2v) is 5.80. The molecule has 1 fully saturated rings. The van der Waals surface area contributed by atoms with Crippen LogP contribution in [0.2, 0.25) is 0 Å². The van der Waals surface area contributed by atoms with Gasteiger partial charge in [-0.1, -0.05) is 11.8 Å². The summed E-state index contributed by atoms with van der Waals surface area (Å²) in [5.41, 5.74) is 0.789. The first-order valence-corrected chi connectivity index (χ1v) is 7.28. The lowest BCUT2D eigenvalue weighted by molar-refractivity contribution is -0.125. The minimum Gasteiger partial charge on any atom is -0.467 e. The molecular weight excluding hydrogens is 292 g/mol. The van der Waals surface area contributed by atoms with Crippen LogP contribution in [0.3, 0.4) is 0 Å². The van der Waals surface area contributed by atoms with Crippen LogP contribution < -0.4 is 10.6 Å². The third-order valence-corrected chi connectivity index (χ3v) is 3.60. The molecule has 21 heavy (non-hydrogen) atoms. The van der Waals surface area contributed by atoms with Crippen molar-refractivity contribution < 1.29 is 14.0 Å². The first-order valence-electron chi connectivity index (χ1n) is 6.40. The summed E-state index contributed by atoms with van der Waals surface area (Å²) in [4.78, 5) is 23.5. The van der Waals surface area contributed by atoms with Crippen LogP contribution in [-0.4, -0.2) is 27.9 Å². The van der Waals surface area contributed by atoms with Crippen molar-refractivity contribution in [3.63, 3.8) is 0 Å². The Hall–Kier alpha value is -2.09. The fraction of sp³-hybridized carbons (Fsp3) is 0.385. The van der Waals surface area contributed by atoms with Gasteiger partial charge in [0.2, 0.25) is 11.8 Å². The van der Waals surface area contributed by atoms with Gasteiger partial charge in [-0.05, 0) is 26.0 Å². The SMILES string of the molecule is CC(C)=N/N=C1\NC(=O)C(CC(=O)NCc2ccco2)S1. The van der Waals surface area contributed by atoms with Crippen molar-refractivity contribution in [3.05, 3.63) is 24.2 Å². The zero-order valence-electron chi connectivity index (χ0n) is 11.8. The maximum Gasteiger partial charge on any atom is 0.240 e. The number of hydrogen-bond donors (Lipinski definition) is 2. The van der Waals surface area contributed by atoms with Crippen LogP contribution in [0, 0.1) is 0 Å². The average molecular weight is 308 g/mol. The van der Waals surface area contributed by atoms with Crippen molar-refractivity contribution in [1.82, 2.24) is 10.6 Å². The van der Waals surface area contributed by atoms with Gasteiger partial charge in [0.1, 0.15) is 11.0 Å². The highest BCUT2D eigenvalue weighted by molar-refractivity contribution is 8.15. The predicted molar refractivity (Wildman–Crippen MR) is 80.9 cm³/mol. The van der Waals surface area contributed by atoms with Crippen LogP contribution in [0.1, 0.15) is 26.0 Å². The molecule has 112 valence electrons. The standard InChI is InChI=1S/C13H16N4O3S/c1-8(2)16-17-13-15-12(19)10(21-13)6-11(18)14-7-9-4-3-5-20-9/h3-5,10H,6-7H2,1-2H3,(H,14,18)(H,15,17,19). The van der Waals surface area contributed by atoms with Crippen LogP contribution >= 0.6 is 11.8 Å². The molecule has 0 aromatic carbocycles. The van der Waals surface area contributed by atoms with E-state index in [2.05, 4.69) is 20.8 Å². The fourth-order valence-electron chi connectivity index (χ4n) is 1.57. The number of nitrogens with zero attached hydrogens (tertiary/aromatic N) is 2. The monoisotopic (exact) mass is 308 g/mol. The molecule has 1 atom stereocenters. The Bertz CT molecular complexity index is 576. The Morgan fingerprint density at radius 1 is 1.52 bits per heavy atom. The second kappa shape index (κ2) is 7.07. The van der Waals surface area contributed by atoms with Gasteiger partial charge in [-0.2, -0.15) is 5.10 Å². The maximum absolute atomic E-state index is 11.8. The van der Waals surface area contributed by atoms with E-state index >= 15 is 0 Å². The summed E-state index contributed by atoms with van der Waals surface area (Å²) in [6, 6.07) is 3.52. The van der Waals surface area contributed by atoms with Crippen LogP contribution in [0.5, 0.6) is 0 Å². The molecule has 1 unspecified atom stereocenters. The highest BCUT2D eigenvalue weighted by atomic mass is 32.2. The summed E-state index contributed by atoms with van der Waals surface area (Å²) in [7, 11) is 0. The lowest BCUT2D eigenvalue weighted by Crippen LogP contribution is -2.30. The van der Waals surface area contributed by atoms with E-state index in [4.69, 9.17) is 4.42 Å². The Labute approximate surface area is 126 Å². The largest absolute Gasteiger partial charge is 0.467 e. The van der Waals surface area contributed by atoms with Gasteiger partial charge in [-0.3, -0.25) is 9.59 Å². The minimum atomic E-state index is -0.479. The van der Waals surface area contributed by atoms with Crippen molar-refractivity contribution in [2.24, 2.45) is 10.2 Å². The van der Waals surface area contributed by atoms with Crippen LogP contribution in [0.25, 0.3) is 0 Å². The molecule has 1 aliphatic rings. The van der Waals surface area contributed by atoms with Gasteiger partial charge in [0, 0.05) is 12.1 Å². The fourth-order valence-corrected chi connectivity index (χ4v) is 2.49. The number of rotatable bonds is 5. The van der Waals surface area contributed by atoms with Crippen molar-refractivity contribution in [2.45, 2.75) is 32.1 Å². The summed E-state index contributed by atoms with van der Waals surface area (Å²) in [6.45, 7) is 3.93. The second-order valence-electron chi connectivity index (χ2n) is 4.61. The Kier molecular flexibility index (Phi) is 5.15. The zero-order chi connectivity index (χ0) is 15.2. The molecule has 1 aromatic rings. The van der Waals surface area contributed by atoms with Crippen molar-refractivity contribution in [1.29, 1.82) is 0 Å². The summed E-state index contributed by atoms with van der Waals surface area (Å²) in [5.74, 6) is 0.230. The van der Waals surface area contributed by atoms with Crippen LogP contribution in [0.15, 0.2) is 33.0 Å². The van der Waals surface area contributed by atoms with Gasteiger partial charge in [-0.15, -0.1) is 5.10 Å². The van der Waals surface area contributed by atoms with Crippen LogP contribution in [0.4, 0.5) is 0 Å². The Morgan fingerprint density at radius 3 is 3.00 bits per heavy atom. The molecule has 2 amide bonds. The molecular formula is C13H16N4O3S. The maximum atomic E-state index is 11.8. The molecule has 1 aliphatic heterocycles. The van der Waals surface area contributed by atoms with E-state index in [0.717, 1.165) is 5.71 Å². The Balaban J connectivity index is 1.82. The number of amides is 2. The molecule has 7 nitrogen and oxygen atoms in total. The molecule has 2 heterocycles. The molecule has 0 spiro atoms. The number of hydrogen-bond acceptors (Lipinski definition) is 6. The molecule has 1 saturated heterocycles. The molecule has 0 bridgehead atoms.